The lowest BCUT2D eigenvalue weighted by Gasteiger charge is -2.34. The van der Waals surface area contributed by atoms with E-state index in [0.29, 0.717) is 19.5 Å². The van der Waals surface area contributed by atoms with Crippen molar-refractivity contribution in [2.75, 3.05) is 13.1 Å². The average molecular weight is 324 g/mol. The van der Waals surface area contributed by atoms with Crippen molar-refractivity contribution in [2.24, 2.45) is 0 Å². The predicted molar refractivity (Wildman–Crippen MR) is 87.0 cm³/mol. The number of carbonyl (C=O) groups is 2. The molecular weight excluding hydrogens is 300 g/mol. The van der Waals surface area contributed by atoms with Gasteiger partial charge in [0.1, 0.15) is 5.60 Å². The van der Waals surface area contributed by atoms with Crippen molar-refractivity contribution in [2.45, 2.75) is 51.7 Å². The smallest absolute Gasteiger partial charge is 0.410 e. The molecule has 0 aromatic carbocycles. The van der Waals surface area contributed by atoms with Crippen LogP contribution in [0.2, 0.25) is 0 Å². The van der Waals surface area contributed by atoms with E-state index in [1.54, 1.807) is 16.2 Å². The first-order valence-electron chi connectivity index (χ1n) is 7.63. The quantitative estimate of drug-likeness (QED) is 0.930. The van der Waals surface area contributed by atoms with Gasteiger partial charge in [0.15, 0.2) is 0 Å². The highest BCUT2D eigenvalue weighted by Gasteiger charge is 2.28. The second-order valence-electron chi connectivity index (χ2n) is 6.59. The molecule has 0 spiro atoms. The minimum atomic E-state index is -0.494. The van der Waals surface area contributed by atoms with Crippen LogP contribution < -0.4 is 5.32 Å². The first kappa shape index (κ1) is 16.8. The molecule has 0 unspecified atom stereocenters. The van der Waals surface area contributed by atoms with Gasteiger partial charge in [-0.1, -0.05) is 6.07 Å². The number of carbonyl (C=O) groups excluding carboxylic acids is 2. The Morgan fingerprint density at radius 2 is 2.23 bits per heavy atom. The molecule has 1 aromatic heterocycles. The summed E-state index contributed by atoms with van der Waals surface area (Å²) in [6, 6.07) is 3.91. The molecule has 2 amide bonds. The zero-order valence-electron chi connectivity index (χ0n) is 13.4. The SMILES string of the molecule is CC(C)(C)OC(=O)N1CCC[C@@H](NC(=O)Cc2cccs2)C1. The molecule has 1 N–H and O–H groups in total. The average Bonchev–Trinajstić information content (AvgIpc) is 2.89. The molecule has 22 heavy (non-hydrogen) atoms. The number of nitrogens with one attached hydrogen (secondary N) is 1. The number of ether oxygens (including phenoxy) is 1. The predicted octanol–water partition coefficient (Wildman–Crippen LogP) is 2.81. The van der Waals surface area contributed by atoms with Crippen molar-refractivity contribution in [1.29, 1.82) is 0 Å². The van der Waals surface area contributed by atoms with Gasteiger partial charge in [-0.25, -0.2) is 4.79 Å². The highest BCUT2D eigenvalue weighted by molar-refractivity contribution is 7.10. The molecule has 2 heterocycles. The van der Waals surface area contributed by atoms with Gasteiger partial charge in [0.2, 0.25) is 5.91 Å². The van der Waals surface area contributed by atoms with E-state index in [9.17, 15) is 9.59 Å². The van der Waals surface area contributed by atoms with Gasteiger partial charge in [-0.15, -0.1) is 11.3 Å². The Hall–Kier alpha value is -1.56. The lowest BCUT2D eigenvalue weighted by atomic mass is 10.1. The second-order valence-corrected chi connectivity index (χ2v) is 7.62. The summed E-state index contributed by atoms with van der Waals surface area (Å²) < 4.78 is 5.39. The van der Waals surface area contributed by atoms with Gasteiger partial charge in [0, 0.05) is 24.0 Å². The maximum absolute atomic E-state index is 12.1. The maximum Gasteiger partial charge on any atom is 0.410 e. The van der Waals surface area contributed by atoms with Crippen molar-refractivity contribution in [3.8, 4) is 0 Å². The summed E-state index contributed by atoms with van der Waals surface area (Å²) in [4.78, 5) is 26.9. The fourth-order valence-electron chi connectivity index (χ4n) is 2.44. The van der Waals surface area contributed by atoms with E-state index < -0.39 is 5.60 Å². The summed E-state index contributed by atoms with van der Waals surface area (Å²) in [5.41, 5.74) is -0.494. The molecule has 1 atom stereocenters. The summed E-state index contributed by atoms with van der Waals surface area (Å²) in [6.45, 7) is 6.77. The number of thiophene rings is 1. The topological polar surface area (TPSA) is 58.6 Å². The molecule has 6 heteroatoms. The summed E-state index contributed by atoms with van der Waals surface area (Å²) in [5, 5.41) is 4.99. The van der Waals surface area contributed by atoms with E-state index >= 15 is 0 Å². The van der Waals surface area contributed by atoms with E-state index in [1.807, 2.05) is 38.3 Å². The number of hydrogen-bond donors (Lipinski definition) is 1. The van der Waals surface area contributed by atoms with Gasteiger partial charge < -0.3 is 15.0 Å². The molecule has 1 fully saturated rings. The molecule has 0 bridgehead atoms. The van der Waals surface area contributed by atoms with Gasteiger partial charge in [-0.3, -0.25) is 4.79 Å². The number of piperidine rings is 1. The molecule has 5 nitrogen and oxygen atoms in total. The third kappa shape index (κ3) is 5.33. The van der Waals surface area contributed by atoms with Crippen LogP contribution in [0, 0.1) is 0 Å². The van der Waals surface area contributed by atoms with Gasteiger partial charge >= 0.3 is 6.09 Å². The highest BCUT2D eigenvalue weighted by Crippen LogP contribution is 2.16. The van der Waals surface area contributed by atoms with Crippen LogP contribution in [0.15, 0.2) is 17.5 Å². The molecule has 1 aliphatic heterocycles. The fraction of sp³-hybridized carbons (Fsp3) is 0.625. The molecule has 0 aliphatic carbocycles. The molecular formula is C16H24N2O3S. The van der Waals surface area contributed by atoms with Crippen molar-refractivity contribution in [1.82, 2.24) is 10.2 Å². The standard InChI is InChI=1S/C16H24N2O3S/c1-16(2,3)21-15(20)18-8-4-6-12(11-18)17-14(19)10-13-7-5-9-22-13/h5,7,9,12H,4,6,8,10-11H2,1-3H3,(H,17,19)/t12-/m1/s1. The number of rotatable bonds is 3. The van der Waals surface area contributed by atoms with Crippen molar-refractivity contribution >= 4 is 23.3 Å². The zero-order chi connectivity index (χ0) is 16.2. The first-order chi connectivity index (χ1) is 10.3. The van der Waals surface area contributed by atoms with Crippen LogP contribution in [0.25, 0.3) is 0 Å². The van der Waals surface area contributed by atoms with E-state index in [-0.39, 0.29) is 18.0 Å². The Kier molecular flexibility index (Phi) is 5.45. The summed E-state index contributed by atoms with van der Waals surface area (Å²) in [6.07, 6.45) is 1.88. The van der Waals surface area contributed by atoms with Gasteiger partial charge in [-0.05, 0) is 45.1 Å². The van der Waals surface area contributed by atoms with Crippen LogP contribution in [0.5, 0.6) is 0 Å². The van der Waals surface area contributed by atoms with E-state index in [2.05, 4.69) is 5.32 Å². The van der Waals surface area contributed by atoms with E-state index in [0.717, 1.165) is 17.7 Å². The Labute approximate surface area is 135 Å². The summed E-state index contributed by atoms with van der Waals surface area (Å²) >= 11 is 1.58. The highest BCUT2D eigenvalue weighted by atomic mass is 32.1. The Balaban J connectivity index is 1.82. The Bertz CT molecular complexity index is 508. The van der Waals surface area contributed by atoms with Crippen LogP contribution >= 0.6 is 11.3 Å². The normalized spacial score (nSPS) is 18.9. The van der Waals surface area contributed by atoms with Gasteiger partial charge in [-0.2, -0.15) is 0 Å². The second kappa shape index (κ2) is 7.13. The third-order valence-corrected chi connectivity index (χ3v) is 4.23. The van der Waals surface area contributed by atoms with E-state index in [4.69, 9.17) is 4.74 Å². The van der Waals surface area contributed by atoms with Crippen LogP contribution in [0.3, 0.4) is 0 Å². The number of nitrogens with zero attached hydrogens (tertiary/aromatic N) is 1. The van der Waals surface area contributed by atoms with Gasteiger partial charge in [0.05, 0.1) is 6.42 Å². The molecule has 2 rings (SSSR count). The molecule has 1 aliphatic rings. The third-order valence-electron chi connectivity index (χ3n) is 3.35. The van der Waals surface area contributed by atoms with E-state index in [1.165, 1.54) is 0 Å². The summed E-state index contributed by atoms with van der Waals surface area (Å²) in [7, 11) is 0. The number of amides is 2. The fourth-order valence-corrected chi connectivity index (χ4v) is 3.14. The van der Waals surface area contributed by atoms with Crippen molar-refractivity contribution in [3.63, 3.8) is 0 Å². The van der Waals surface area contributed by atoms with Crippen LogP contribution in [0.4, 0.5) is 4.79 Å². The Morgan fingerprint density at radius 1 is 1.45 bits per heavy atom. The largest absolute Gasteiger partial charge is 0.444 e. The molecule has 1 saturated heterocycles. The van der Waals surface area contributed by atoms with Crippen LogP contribution in [0.1, 0.15) is 38.5 Å². The lowest BCUT2D eigenvalue weighted by Crippen LogP contribution is -2.50. The molecule has 1 aromatic rings. The zero-order valence-corrected chi connectivity index (χ0v) is 14.2. The Morgan fingerprint density at radius 3 is 2.86 bits per heavy atom. The molecule has 0 radical (unpaired) electrons. The van der Waals surface area contributed by atoms with Crippen LogP contribution in [-0.2, 0) is 16.0 Å². The molecule has 122 valence electrons. The number of hydrogen-bond acceptors (Lipinski definition) is 4. The monoisotopic (exact) mass is 324 g/mol. The minimum absolute atomic E-state index is 0.00808. The van der Waals surface area contributed by atoms with Crippen molar-refractivity contribution < 1.29 is 14.3 Å². The summed E-state index contributed by atoms with van der Waals surface area (Å²) in [5.74, 6) is 0.0125. The van der Waals surface area contributed by atoms with Gasteiger partial charge in [0.25, 0.3) is 0 Å². The molecule has 0 saturated carbocycles. The number of likely N-dealkylation sites (tertiary alicyclic amines) is 1. The first-order valence-corrected chi connectivity index (χ1v) is 8.51. The van der Waals surface area contributed by atoms with Crippen LogP contribution in [-0.4, -0.2) is 41.6 Å². The maximum atomic E-state index is 12.1. The minimum Gasteiger partial charge on any atom is -0.444 e. The van der Waals surface area contributed by atoms with Crippen molar-refractivity contribution in [3.05, 3.63) is 22.4 Å². The lowest BCUT2D eigenvalue weighted by molar-refractivity contribution is -0.121.